The molecule has 4 aromatic rings. The van der Waals surface area contributed by atoms with Crippen molar-refractivity contribution >= 4 is 34.3 Å². The molecule has 7 nitrogen and oxygen atoms in total. The van der Waals surface area contributed by atoms with Gasteiger partial charge >= 0.3 is 0 Å². The van der Waals surface area contributed by atoms with E-state index < -0.39 is 0 Å². The Morgan fingerprint density at radius 3 is 2.67 bits per heavy atom. The van der Waals surface area contributed by atoms with E-state index >= 15 is 0 Å². The number of hydrogen-bond acceptors (Lipinski definition) is 6. The number of aromatic nitrogens is 4. The average Bonchev–Trinajstić information content (AvgIpc) is 3.14. The first-order valence-electron chi connectivity index (χ1n) is 9.42. The SMILES string of the molecule is COc1ccc(-c2nnc(SC(C)C(=O)Nc3cccc4ncccc34)n2C)cc1. The lowest BCUT2D eigenvalue weighted by atomic mass is 10.2. The number of thioether (sulfide) groups is 1. The van der Waals surface area contributed by atoms with Crippen molar-refractivity contribution in [2.75, 3.05) is 12.4 Å². The Labute approximate surface area is 178 Å². The van der Waals surface area contributed by atoms with Crippen LogP contribution < -0.4 is 10.1 Å². The zero-order valence-electron chi connectivity index (χ0n) is 16.9. The maximum atomic E-state index is 12.8. The number of anilines is 1. The molecule has 0 saturated carbocycles. The number of benzene rings is 2. The molecule has 0 saturated heterocycles. The minimum atomic E-state index is -0.358. The van der Waals surface area contributed by atoms with E-state index in [0.717, 1.165) is 33.7 Å². The summed E-state index contributed by atoms with van der Waals surface area (Å²) in [5, 5.41) is 12.8. The zero-order chi connectivity index (χ0) is 21.1. The Morgan fingerprint density at radius 2 is 1.90 bits per heavy atom. The summed E-state index contributed by atoms with van der Waals surface area (Å²) < 4.78 is 7.09. The molecule has 8 heteroatoms. The molecule has 2 aromatic carbocycles. The number of rotatable bonds is 6. The molecule has 0 aliphatic carbocycles. The van der Waals surface area contributed by atoms with Crippen LogP contribution >= 0.6 is 11.8 Å². The third-order valence-electron chi connectivity index (χ3n) is 4.74. The molecule has 1 atom stereocenters. The summed E-state index contributed by atoms with van der Waals surface area (Å²) in [5.41, 5.74) is 2.51. The first kappa shape index (κ1) is 19.9. The fourth-order valence-electron chi connectivity index (χ4n) is 3.07. The minimum absolute atomic E-state index is 0.106. The van der Waals surface area contributed by atoms with Gasteiger partial charge in [0, 0.05) is 24.2 Å². The second kappa shape index (κ2) is 8.54. The Kier molecular flexibility index (Phi) is 5.67. The number of ether oxygens (including phenoxy) is 1. The predicted molar refractivity (Wildman–Crippen MR) is 119 cm³/mol. The summed E-state index contributed by atoms with van der Waals surface area (Å²) in [6, 6.07) is 17.1. The van der Waals surface area contributed by atoms with Gasteiger partial charge in [-0.15, -0.1) is 10.2 Å². The number of nitrogens with zero attached hydrogens (tertiary/aromatic N) is 4. The largest absolute Gasteiger partial charge is 0.497 e. The summed E-state index contributed by atoms with van der Waals surface area (Å²) in [4.78, 5) is 17.1. The van der Waals surface area contributed by atoms with Crippen LogP contribution in [0.2, 0.25) is 0 Å². The van der Waals surface area contributed by atoms with E-state index in [0.29, 0.717) is 5.16 Å². The molecule has 2 aromatic heterocycles. The van der Waals surface area contributed by atoms with Crippen LogP contribution in [0.25, 0.3) is 22.3 Å². The maximum absolute atomic E-state index is 12.8. The number of pyridine rings is 1. The van der Waals surface area contributed by atoms with Gasteiger partial charge < -0.3 is 14.6 Å². The van der Waals surface area contributed by atoms with Crippen molar-refractivity contribution in [1.82, 2.24) is 19.7 Å². The highest BCUT2D eigenvalue weighted by molar-refractivity contribution is 8.00. The lowest BCUT2D eigenvalue weighted by Crippen LogP contribution is -2.23. The third-order valence-corrected chi connectivity index (χ3v) is 5.87. The highest BCUT2D eigenvalue weighted by atomic mass is 32.2. The van der Waals surface area contributed by atoms with Crippen molar-refractivity contribution in [3.8, 4) is 17.1 Å². The Bertz CT molecular complexity index is 1180. The highest BCUT2D eigenvalue weighted by Crippen LogP contribution is 2.28. The third kappa shape index (κ3) is 3.99. The molecule has 0 fully saturated rings. The lowest BCUT2D eigenvalue weighted by Gasteiger charge is -2.13. The monoisotopic (exact) mass is 419 g/mol. The first-order chi connectivity index (χ1) is 14.6. The molecule has 2 heterocycles. The number of carbonyl (C=O) groups is 1. The van der Waals surface area contributed by atoms with E-state index in [-0.39, 0.29) is 11.2 Å². The van der Waals surface area contributed by atoms with E-state index in [4.69, 9.17) is 4.74 Å². The van der Waals surface area contributed by atoms with E-state index in [1.54, 1.807) is 13.3 Å². The van der Waals surface area contributed by atoms with E-state index in [1.165, 1.54) is 11.8 Å². The van der Waals surface area contributed by atoms with Gasteiger partial charge in [0.2, 0.25) is 5.91 Å². The number of hydrogen-bond donors (Lipinski definition) is 1. The molecule has 152 valence electrons. The van der Waals surface area contributed by atoms with Crippen LogP contribution in [0.5, 0.6) is 5.75 Å². The lowest BCUT2D eigenvalue weighted by molar-refractivity contribution is -0.115. The van der Waals surface area contributed by atoms with Crippen molar-refractivity contribution in [1.29, 1.82) is 0 Å². The summed E-state index contributed by atoms with van der Waals surface area (Å²) in [6.07, 6.45) is 1.74. The van der Waals surface area contributed by atoms with Gasteiger partial charge in [-0.05, 0) is 55.5 Å². The van der Waals surface area contributed by atoms with Gasteiger partial charge in [0.1, 0.15) is 5.75 Å². The topological polar surface area (TPSA) is 81.9 Å². The molecule has 30 heavy (non-hydrogen) atoms. The van der Waals surface area contributed by atoms with Crippen LogP contribution in [0, 0.1) is 0 Å². The molecule has 0 aliphatic rings. The predicted octanol–water partition coefficient (Wildman–Crippen LogP) is 4.16. The van der Waals surface area contributed by atoms with Gasteiger partial charge in [0.15, 0.2) is 11.0 Å². The van der Waals surface area contributed by atoms with Crippen molar-refractivity contribution in [2.45, 2.75) is 17.3 Å². The highest BCUT2D eigenvalue weighted by Gasteiger charge is 2.20. The molecule has 0 radical (unpaired) electrons. The van der Waals surface area contributed by atoms with Crippen molar-refractivity contribution in [3.63, 3.8) is 0 Å². The van der Waals surface area contributed by atoms with Gasteiger partial charge in [0.05, 0.1) is 23.6 Å². The van der Waals surface area contributed by atoms with Crippen LogP contribution in [0.3, 0.4) is 0 Å². The fourth-order valence-corrected chi connectivity index (χ4v) is 3.88. The van der Waals surface area contributed by atoms with Gasteiger partial charge in [-0.1, -0.05) is 17.8 Å². The average molecular weight is 420 g/mol. The molecule has 0 bridgehead atoms. The van der Waals surface area contributed by atoms with Crippen LogP contribution in [-0.2, 0) is 11.8 Å². The number of carbonyl (C=O) groups excluding carboxylic acids is 1. The van der Waals surface area contributed by atoms with Crippen molar-refractivity contribution < 1.29 is 9.53 Å². The Hall–Kier alpha value is -3.39. The molecular formula is C22H21N5O2S. The standard InChI is InChI=1S/C22H21N5O2S/c1-14(21(28)24-19-8-4-7-18-17(19)6-5-13-23-18)30-22-26-25-20(27(22)2)15-9-11-16(29-3)12-10-15/h4-14H,1-3H3,(H,24,28). The number of amides is 1. The molecule has 1 unspecified atom stereocenters. The summed E-state index contributed by atoms with van der Waals surface area (Å²) >= 11 is 1.36. The normalized spacial score (nSPS) is 12.0. The van der Waals surface area contributed by atoms with E-state index in [9.17, 15) is 4.79 Å². The van der Waals surface area contributed by atoms with Crippen LogP contribution in [0.1, 0.15) is 6.92 Å². The van der Waals surface area contributed by atoms with Crippen LogP contribution in [0.15, 0.2) is 66.0 Å². The summed E-state index contributed by atoms with van der Waals surface area (Å²) in [6.45, 7) is 1.85. The molecule has 0 spiro atoms. The van der Waals surface area contributed by atoms with Gasteiger partial charge in [-0.2, -0.15) is 0 Å². The Morgan fingerprint density at radius 1 is 1.10 bits per heavy atom. The zero-order valence-corrected chi connectivity index (χ0v) is 17.7. The summed E-state index contributed by atoms with van der Waals surface area (Å²) in [5.74, 6) is 1.41. The number of fused-ring (bicyclic) bond motifs is 1. The van der Waals surface area contributed by atoms with Gasteiger partial charge in [-0.25, -0.2) is 0 Å². The molecule has 1 amide bonds. The van der Waals surface area contributed by atoms with Gasteiger partial charge in [0.25, 0.3) is 0 Å². The van der Waals surface area contributed by atoms with Crippen LogP contribution in [0.4, 0.5) is 5.69 Å². The molecule has 0 aliphatic heterocycles. The van der Waals surface area contributed by atoms with Gasteiger partial charge in [-0.3, -0.25) is 9.78 Å². The summed E-state index contributed by atoms with van der Waals surface area (Å²) in [7, 11) is 3.52. The number of methoxy groups -OCH3 is 1. The van der Waals surface area contributed by atoms with E-state index in [1.807, 2.05) is 73.1 Å². The van der Waals surface area contributed by atoms with Crippen molar-refractivity contribution in [2.24, 2.45) is 7.05 Å². The minimum Gasteiger partial charge on any atom is -0.497 e. The number of nitrogens with one attached hydrogen (secondary N) is 1. The molecule has 1 N–H and O–H groups in total. The second-order valence-electron chi connectivity index (χ2n) is 6.72. The van der Waals surface area contributed by atoms with E-state index in [2.05, 4.69) is 20.5 Å². The van der Waals surface area contributed by atoms with Crippen LogP contribution in [-0.4, -0.2) is 38.0 Å². The van der Waals surface area contributed by atoms with Crippen molar-refractivity contribution in [3.05, 3.63) is 60.8 Å². The fraction of sp³-hybridized carbons (Fsp3) is 0.182. The quantitative estimate of drug-likeness (QED) is 0.473. The first-order valence-corrected chi connectivity index (χ1v) is 10.3. The molecule has 4 rings (SSSR count). The maximum Gasteiger partial charge on any atom is 0.237 e. The smallest absolute Gasteiger partial charge is 0.237 e. The molecular weight excluding hydrogens is 398 g/mol. The Balaban J connectivity index is 1.49. The second-order valence-corrected chi connectivity index (χ2v) is 8.03.